The number of nitrogens with one attached hydrogen (secondary N) is 1. The molecule has 3 heterocycles. The van der Waals surface area contributed by atoms with Gasteiger partial charge in [0.15, 0.2) is 0 Å². The molecule has 1 aromatic heterocycles. The maximum atomic E-state index is 5.40. The zero-order valence-electron chi connectivity index (χ0n) is 20.5. The Balaban J connectivity index is 1.32. The topological polar surface area (TPSA) is 27.7 Å². The van der Waals surface area contributed by atoms with Crippen LogP contribution in [0.5, 0.6) is 5.75 Å². The second-order valence-electron chi connectivity index (χ2n) is 9.74. The Bertz CT molecular complexity index is 1570. The summed E-state index contributed by atoms with van der Waals surface area (Å²) >= 11 is 1.97. The molecule has 7 rings (SSSR count). The molecule has 4 nitrogen and oxygen atoms in total. The lowest BCUT2D eigenvalue weighted by atomic mass is 10.0. The van der Waals surface area contributed by atoms with Gasteiger partial charge in [0.2, 0.25) is 0 Å². The van der Waals surface area contributed by atoms with Crippen LogP contribution >= 0.6 is 11.3 Å². The fraction of sp³-hybridized carbons (Fsp3) is 0.226. The van der Waals surface area contributed by atoms with E-state index < -0.39 is 0 Å². The Labute approximate surface area is 215 Å². The number of fused-ring (bicyclic) bond motifs is 3. The summed E-state index contributed by atoms with van der Waals surface area (Å²) in [6, 6.07) is 26.5. The van der Waals surface area contributed by atoms with Gasteiger partial charge in [-0.3, -0.25) is 10.0 Å². The first-order chi connectivity index (χ1) is 17.8. The number of aryl methyl sites for hydroxylation is 1. The molecular weight excluding hydrogens is 462 g/mol. The minimum absolute atomic E-state index is 0.815. The summed E-state index contributed by atoms with van der Waals surface area (Å²) in [5.41, 5.74) is 8.47. The van der Waals surface area contributed by atoms with Gasteiger partial charge in [0, 0.05) is 16.3 Å². The molecule has 0 radical (unpaired) electrons. The number of anilines is 1. The van der Waals surface area contributed by atoms with Gasteiger partial charge in [-0.2, -0.15) is 0 Å². The van der Waals surface area contributed by atoms with Gasteiger partial charge in [-0.05, 0) is 64.9 Å². The van der Waals surface area contributed by atoms with Gasteiger partial charge < -0.3 is 10.1 Å². The van der Waals surface area contributed by atoms with Crippen molar-refractivity contribution >= 4 is 28.9 Å². The smallest absolute Gasteiger partial charge is 0.118 e. The number of hydrazine groups is 1. The van der Waals surface area contributed by atoms with Crippen molar-refractivity contribution in [3.8, 4) is 16.2 Å². The van der Waals surface area contributed by atoms with E-state index in [2.05, 4.69) is 94.3 Å². The molecule has 0 bridgehead atoms. The first-order valence-electron chi connectivity index (χ1n) is 12.7. The highest BCUT2D eigenvalue weighted by Gasteiger charge is 2.33. The van der Waals surface area contributed by atoms with Crippen molar-refractivity contribution in [2.24, 2.45) is 0 Å². The molecule has 1 N–H and O–H groups in total. The van der Waals surface area contributed by atoms with Crippen LogP contribution in [0.4, 0.5) is 5.69 Å². The number of rotatable bonds is 5. The fourth-order valence-electron chi connectivity index (χ4n) is 5.87. The molecule has 0 unspecified atom stereocenters. The van der Waals surface area contributed by atoms with Crippen LogP contribution in [-0.2, 0) is 25.9 Å². The summed E-state index contributed by atoms with van der Waals surface area (Å²) in [5.74, 6) is 0.892. The number of hydrogen-bond donors (Lipinski definition) is 1. The molecule has 0 spiro atoms. The van der Waals surface area contributed by atoms with Crippen LogP contribution in [0.2, 0.25) is 0 Å². The van der Waals surface area contributed by atoms with E-state index in [9.17, 15) is 0 Å². The van der Waals surface area contributed by atoms with Crippen molar-refractivity contribution < 1.29 is 4.74 Å². The average Bonchev–Trinajstić information content (AvgIpc) is 3.64. The van der Waals surface area contributed by atoms with E-state index >= 15 is 0 Å². The number of hydrogen-bond acceptors (Lipinski definition) is 5. The highest BCUT2D eigenvalue weighted by atomic mass is 32.1. The van der Waals surface area contributed by atoms with Gasteiger partial charge in [-0.15, -0.1) is 11.3 Å². The van der Waals surface area contributed by atoms with E-state index in [-0.39, 0.29) is 0 Å². The van der Waals surface area contributed by atoms with Crippen molar-refractivity contribution in [1.29, 1.82) is 0 Å². The monoisotopic (exact) mass is 491 g/mol. The van der Waals surface area contributed by atoms with Crippen molar-refractivity contribution in [1.82, 2.24) is 10.3 Å². The Morgan fingerprint density at radius 2 is 1.86 bits per heavy atom. The standard InChI is InChI=1S/C31H29N3OS/c1-35-24-14-12-21(13-15-24)19-33-28-16-30(27-11-5-8-22-7-4-10-25(22)27)36-31(28)20-34(33)29-18-32-17-23-6-2-3-9-26(23)29/h2-3,5-6,8-9,11-17,32H,4,7,10,18-20H2,1H3. The number of benzene rings is 3. The third-order valence-corrected chi connectivity index (χ3v) is 8.80. The molecule has 3 aromatic carbocycles. The van der Waals surface area contributed by atoms with Crippen LogP contribution in [-0.4, -0.2) is 18.7 Å². The first kappa shape index (κ1) is 21.6. The summed E-state index contributed by atoms with van der Waals surface area (Å²) in [6.45, 7) is 2.54. The van der Waals surface area contributed by atoms with Gasteiger partial charge in [-0.25, -0.2) is 0 Å². The molecule has 0 amide bonds. The number of methoxy groups -OCH3 is 1. The van der Waals surface area contributed by atoms with E-state index in [1.807, 2.05) is 11.3 Å². The Hall–Kier alpha value is -3.70. The fourth-order valence-corrected chi connectivity index (χ4v) is 7.06. The molecule has 1 aliphatic carbocycles. The van der Waals surface area contributed by atoms with E-state index in [1.165, 1.54) is 67.5 Å². The molecule has 0 saturated carbocycles. The minimum Gasteiger partial charge on any atom is -0.497 e. The van der Waals surface area contributed by atoms with E-state index in [0.29, 0.717) is 0 Å². The van der Waals surface area contributed by atoms with Crippen LogP contribution in [0, 0.1) is 0 Å². The zero-order chi connectivity index (χ0) is 24.1. The highest BCUT2D eigenvalue weighted by molar-refractivity contribution is 7.16. The van der Waals surface area contributed by atoms with Crippen molar-refractivity contribution in [3.05, 3.63) is 105 Å². The molecule has 2 aliphatic heterocycles. The van der Waals surface area contributed by atoms with Crippen LogP contribution in [0.3, 0.4) is 0 Å². The normalized spacial score (nSPS) is 15.8. The Morgan fingerprint density at radius 1 is 0.972 bits per heavy atom. The molecular formula is C31H29N3OS. The van der Waals surface area contributed by atoms with Crippen LogP contribution < -0.4 is 25.5 Å². The predicted octanol–water partition coefficient (Wildman–Crippen LogP) is 4.80. The lowest BCUT2D eigenvalue weighted by molar-refractivity contribution is 0.371. The summed E-state index contributed by atoms with van der Waals surface area (Å²) in [7, 11) is 1.72. The third-order valence-electron chi connectivity index (χ3n) is 7.66. The second-order valence-corrected chi connectivity index (χ2v) is 10.9. The third kappa shape index (κ3) is 3.58. The SMILES string of the molecule is COc1ccc(CN2c3cc(-c4cccc5c4CCC5)sc3CN2C2=c3ccccc3=CNC2)cc1. The van der Waals surface area contributed by atoms with Gasteiger partial charge in [-0.1, -0.05) is 54.6 Å². The van der Waals surface area contributed by atoms with Crippen LogP contribution in [0.1, 0.15) is 28.0 Å². The summed E-state index contributed by atoms with van der Waals surface area (Å²) in [4.78, 5) is 2.84. The molecule has 36 heavy (non-hydrogen) atoms. The van der Waals surface area contributed by atoms with Crippen molar-refractivity contribution in [2.75, 3.05) is 18.7 Å². The molecule has 0 fully saturated rings. The van der Waals surface area contributed by atoms with Crippen LogP contribution in [0.25, 0.3) is 22.3 Å². The van der Waals surface area contributed by atoms with Gasteiger partial charge in [0.1, 0.15) is 5.75 Å². The Kier molecular flexibility index (Phi) is 5.24. The predicted molar refractivity (Wildman–Crippen MR) is 148 cm³/mol. The largest absolute Gasteiger partial charge is 0.497 e. The van der Waals surface area contributed by atoms with Crippen molar-refractivity contribution in [2.45, 2.75) is 32.4 Å². The maximum absolute atomic E-state index is 5.40. The molecule has 0 saturated heterocycles. The summed E-state index contributed by atoms with van der Waals surface area (Å²) in [6.07, 6.45) is 5.82. The molecule has 5 heteroatoms. The quantitative estimate of drug-likeness (QED) is 0.434. The molecule has 180 valence electrons. The average molecular weight is 492 g/mol. The molecule has 0 atom stereocenters. The molecule has 4 aromatic rings. The van der Waals surface area contributed by atoms with Gasteiger partial charge >= 0.3 is 0 Å². The number of nitrogens with zero attached hydrogens (tertiary/aromatic N) is 2. The summed E-state index contributed by atoms with van der Waals surface area (Å²) < 4.78 is 5.40. The zero-order valence-corrected chi connectivity index (χ0v) is 21.3. The lowest BCUT2D eigenvalue weighted by Crippen LogP contribution is -2.46. The second kappa shape index (κ2) is 8.75. The van der Waals surface area contributed by atoms with E-state index in [4.69, 9.17) is 4.74 Å². The van der Waals surface area contributed by atoms with Crippen LogP contribution in [0.15, 0.2) is 72.8 Å². The van der Waals surface area contributed by atoms with Gasteiger partial charge in [0.05, 0.1) is 43.0 Å². The highest BCUT2D eigenvalue weighted by Crippen LogP contribution is 2.46. The van der Waals surface area contributed by atoms with Gasteiger partial charge in [0.25, 0.3) is 0 Å². The summed E-state index contributed by atoms with van der Waals surface area (Å²) in [5, 5.41) is 11.0. The van der Waals surface area contributed by atoms with E-state index in [1.54, 1.807) is 12.7 Å². The van der Waals surface area contributed by atoms with E-state index in [0.717, 1.165) is 25.4 Å². The Morgan fingerprint density at radius 3 is 2.75 bits per heavy atom. The first-order valence-corrected chi connectivity index (χ1v) is 13.5. The maximum Gasteiger partial charge on any atom is 0.118 e. The lowest BCUT2D eigenvalue weighted by Gasteiger charge is -2.35. The van der Waals surface area contributed by atoms with Crippen molar-refractivity contribution in [3.63, 3.8) is 0 Å². The number of ether oxygens (including phenoxy) is 1. The number of thiophene rings is 1. The minimum atomic E-state index is 0.815. The molecule has 3 aliphatic rings.